The van der Waals surface area contributed by atoms with Crippen molar-refractivity contribution in [2.45, 2.75) is 37.7 Å². The molecule has 4 aliphatic rings. The van der Waals surface area contributed by atoms with Gasteiger partial charge in [-0.05, 0) is 50.0 Å². The lowest BCUT2D eigenvalue weighted by Gasteiger charge is -2.40. The fourth-order valence-electron chi connectivity index (χ4n) is 6.54. The number of benzene rings is 2. The van der Waals surface area contributed by atoms with E-state index in [1.54, 1.807) is 72.0 Å². The third kappa shape index (κ3) is 3.59. The molecule has 3 heterocycles. The molecule has 1 aliphatic heterocycles. The van der Waals surface area contributed by atoms with Crippen LogP contribution in [0, 0.1) is 0 Å². The molecule has 0 N–H and O–H groups in total. The first-order valence-corrected chi connectivity index (χ1v) is 15.3. The van der Waals surface area contributed by atoms with Crippen LogP contribution in [0.2, 0.25) is 0 Å². The van der Waals surface area contributed by atoms with Crippen molar-refractivity contribution in [1.82, 2.24) is 0 Å². The molecule has 0 unspecified atom stereocenters. The highest BCUT2D eigenvalue weighted by Crippen LogP contribution is 2.57. The number of carbonyl (C=O) groups is 4. The zero-order valence-corrected chi connectivity index (χ0v) is 23.5. The summed E-state index contributed by atoms with van der Waals surface area (Å²) in [5, 5.41) is 0. The van der Waals surface area contributed by atoms with Gasteiger partial charge in [-0.25, -0.2) is 0 Å². The topological polar surface area (TPSA) is 77.5 Å². The normalized spacial score (nSPS) is 18.2. The summed E-state index contributed by atoms with van der Waals surface area (Å²) in [6.45, 7) is 0. The number of ketones is 4. The summed E-state index contributed by atoms with van der Waals surface area (Å²) < 4.78 is 6.79. The van der Waals surface area contributed by atoms with Crippen LogP contribution in [0.5, 0.6) is 5.75 Å². The van der Waals surface area contributed by atoms with Gasteiger partial charge in [0, 0.05) is 37.6 Å². The lowest BCUT2D eigenvalue weighted by molar-refractivity contribution is 0.0250. The second-order valence-electron chi connectivity index (χ2n) is 10.9. The Bertz CT molecular complexity index is 1850. The summed E-state index contributed by atoms with van der Waals surface area (Å²) in [6.07, 6.45) is 8.44. The van der Waals surface area contributed by atoms with Crippen molar-refractivity contribution >= 4 is 58.0 Å². The second-order valence-corrected chi connectivity index (χ2v) is 13.1. The second kappa shape index (κ2) is 8.90. The highest BCUT2D eigenvalue weighted by molar-refractivity contribution is 7.23. The Kier molecular flexibility index (Phi) is 5.34. The quantitative estimate of drug-likeness (QED) is 0.179. The van der Waals surface area contributed by atoms with Gasteiger partial charge in [-0.15, -0.1) is 22.7 Å². The molecule has 7 heteroatoms. The number of Topliss-reactive ketones (excluding diaryl/α,β-unsaturated/α-hetero) is 4. The fourth-order valence-corrected chi connectivity index (χ4v) is 8.91. The Morgan fingerprint density at radius 1 is 0.610 bits per heavy atom. The summed E-state index contributed by atoms with van der Waals surface area (Å²) in [6, 6.07) is 17.9. The predicted octanol–water partition coefficient (Wildman–Crippen LogP) is 7.95. The summed E-state index contributed by atoms with van der Waals surface area (Å²) >= 11 is 3.05. The first kappa shape index (κ1) is 24.6. The minimum absolute atomic E-state index is 0.173. The number of allylic oxidation sites excluding steroid dienone is 2. The maximum Gasteiger partial charge on any atom is 0.197 e. The molecule has 5 nitrogen and oxygen atoms in total. The van der Waals surface area contributed by atoms with Crippen molar-refractivity contribution in [2.24, 2.45) is 0 Å². The molecule has 4 aromatic rings. The number of carbonyl (C=O) groups excluding carboxylic acids is 4. The Morgan fingerprint density at radius 3 is 1.59 bits per heavy atom. The van der Waals surface area contributed by atoms with Crippen molar-refractivity contribution in [3.63, 3.8) is 0 Å². The largest absolute Gasteiger partial charge is 0.481 e. The molecule has 1 fully saturated rings. The maximum absolute atomic E-state index is 13.1. The maximum atomic E-state index is 13.1. The van der Waals surface area contributed by atoms with Crippen LogP contribution in [0.3, 0.4) is 0 Å². The van der Waals surface area contributed by atoms with E-state index in [0.29, 0.717) is 22.3 Å². The van der Waals surface area contributed by atoms with E-state index in [2.05, 4.69) is 6.07 Å². The van der Waals surface area contributed by atoms with Gasteiger partial charge in [0.25, 0.3) is 0 Å². The highest BCUT2D eigenvalue weighted by Gasteiger charge is 2.44. The fraction of sp³-hybridized carbons (Fsp3) is 0.176. The van der Waals surface area contributed by atoms with Gasteiger partial charge in [0.2, 0.25) is 0 Å². The van der Waals surface area contributed by atoms with Crippen molar-refractivity contribution in [3.8, 4) is 15.5 Å². The molecule has 0 bridgehead atoms. The van der Waals surface area contributed by atoms with E-state index in [1.807, 2.05) is 6.07 Å². The van der Waals surface area contributed by atoms with E-state index in [0.717, 1.165) is 62.9 Å². The molecule has 0 saturated heterocycles. The van der Waals surface area contributed by atoms with Gasteiger partial charge in [-0.3, -0.25) is 19.2 Å². The Labute approximate surface area is 243 Å². The highest BCUT2D eigenvalue weighted by atomic mass is 32.1. The molecule has 1 spiro atoms. The number of fused-ring (bicyclic) bond motifs is 6. The average Bonchev–Trinajstić information content (AvgIpc) is 3.72. The minimum atomic E-state index is -0.471. The molecule has 1 saturated carbocycles. The summed E-state index contributed by atoms with van der Waals surface area (Å²) in [5.41, 5.74) is 2.78. The van der Waals surface area contributed by atoms with Gasteiger partial charge >= 0.3 is 0 Å². The monoisotopic (exact) mass is 574 g/mol. The molecular formula is C34H22O5S2. The molecule has 8 rings (SSSR count). The van der Waals surface area contributed by atoms with Crippen LogP contribution < -0.4 is 4.74 Å². The number of thiophene rings is 2. The van der Waals surface area contributed by atoms with Crippen molar-refractivity contribution in [1.29, 1.82) is 0 Å². The SMILES string of the molecule is O=C1C(=Cc2cc3c(s2)-c2sc(C=C4C(=O)c5ccccc5C4=O)cc2C2(CCCCC2)O3)C(=O)c2ccccc21. The summed E-state index contributed by atoms with van der Waals surface area (Å²) in [5.74, 6) is -0.219. The molecule has 0 radical (unpaired) electrons. The Balaban J connectivity index is 1.22. The van der Waals surface area contributed by atoms with Gasteiger partial charge in [-0.2, -0.15) is 0 Å². The van der Waals surface area contributed by atoms with Crippen LogP contribution in [-0.2, 0) is 5.60 Å². The van der Waals surface area contributed by atoms with Crippen LogP contribution in [0.25, 0.3) is 21.9 Å². The van der Waals surface area contributed by atoms with Crippen molar-refractivity contribution in [3.05, 3.63) is 109 Å². The molecule has 0 amide bonds. The molecule has 2 aromatic heterocycles. The third-order valence-corrected chi connectivity index (χ3v) is 10.8. The van der Waals surface area contributed by atoms with Gasteiger partial charge in [0.15, 0.2) is 23.1 Å². The van der Waals surface area contributed by atoms with E-state index in [-0.39, 0.29) is 34.3 Å². The van der Waals surface area contributed by atoms with E-state index in [4.69, 9.17) is 4.74 Å². The number of rotatable bonds is 2. The van der Waals surface area contributed by atoms with Crippen molar-refractivity contribution < 1.29 is 23.9 Å². The van der Waals surface area contributed by atoms with Crippen molar-refractivity contribution in [2.75, 3.05) is 0 Å². The molecular weight excluding hydrogens is 553 g/mol. The molecule has 41 heavy (non-hydrogen) atoms. The van der Waals surface area contributed by atoms with Crippen LogP contribution in [0.15, 0.2) is 71.8 Å². The van der Waals surface area contributed by atoms with E-state index >= 15 is 0 Å². The van der Waals surface area contributed by atoms with Crippen LogP contribution in [0.1, 0.15) is 88.9 Å². The van der Waals surface area contributed by atoms with Gasteiger partial charge in [-0.1, -0.05) is 55.0 Å². The van der Waals surface area contributed by atoms with E-state index in [9.17, 15) is 19.2 Å². The zero-order valence-electron chi connectivity index (χ0n) is 21.8. The Morgan fingerprint density at radius 2 is 1.07 bits per heavy atom. The summed E-state index contributed by atoms with van der Waals surface area (Å²) in [4.78, 5) is 55.8. The summed E-state index contributed by atoms with van der Waals surface area (Å²) in [7, 11) is 0. The van der Waals surface area contributed by atoms with E-state index in [1.165, 1.54) is 11.3 Å². The number of ether oxygens (including phenoxy) is 1. The third-order valence-electron chi connectivity index (χ3n) is 8.52. The standard InChI is InChI=1S/C34H22O5S2/c35-28-20-8-2-3-9-21(20)29(36)24(28)14-18-16-26-32(40-18)33-27(39-34(26)12-6-1-7-13-34)17-19(41-33)15-25-30(37)22-10-4-5-11-23(22)31(25)38/h2-5,8-11,14-17H,1,6-7,12-13H2. The zero-order chi connectivity index (χ0) is 27.9. The smallest absolute Gasteiger partial charge is 0.197 e. The molecule has 2 aromatic carbocycles. The van der Waals surface area contributed by atoms with Crippen LogP contribution >= 0.6 is 22.7 Å². The van der Waals surface area contributed by atoms with E-state index < -0.39 is 5.60 Å². The minimum Gasteiger partial charge on any atom is -0.481 e. The first-order valence-electron chi connectivity index (χ1n) is 13.7. The molecule has 0 atom stereocenters. The average molecular weight is 575 g/mol. The van der Waals surface area contributed by atoms with Gasteiger partial charge < -0.3 is 4.74 Å². The van der Waals surface area contributed by atoms with Gasteiger partial charge in [0.05, 0.1) is 20.9 Å². The number of hydrogen-bond acceptors (Lipinski definition) is 7. The lowest BCUT2D eigenvalue weighted by atomic mass is 9.78. The first-order chi connectivity index (χ1) is 19.9. The molecule has 3 aliphatic carbocycles. The number of hydrogen-bond donors (Lipinski definition) is 0. The molecule has 200 valence electrons. The van der Waals surface area contributed by atoms with Crippen LogP contribution in [0.4, 0.5) is 0 Å². The lowest BCUT2D eigenvalue weighted by Crippen LogP contribution is -2.37. The Hall–Kier alpha value is -4.20. The predicted molar refractivity (Wildman–Crippen MR) is 159 cm³/mol. The van der Waals surface area contributed by atoms with Crippen LogP contribution in [-0.4, -0.2) is 23.1 Å². The van der Waals surface area contributed by atoms with Gasteiger partial charge in [0.1, 0.15) is 11.4 Å².